The Morgan fingerprint density at radius 2 is 1.87 bits per heavy atom. The third-order valence-corrected chi connectivity index (χ3v) is 5.94. The molecule has 0 amide bonds. The molecule has 2 heterocycles. The predicted molar refractivity (Wildman–Crippen MR) is 77.1 cm³/mol. The number of halogens is 1. The SMILES string of the molecule is O=C(O)C1=CC2(CCN(S(=O)(=O)c3ccc(F)cc3)CC2)ON1. The van der Waals surface area contributed by atoms with Gasteiger partial charge in [0.25, 0.3) is 0 Å². The Morgan fingerprint density at radius 3 is 2.39 bits per heavy atom. The first-order valence-corrected chi connectivity index (χ1v) is 8.42. The van der Waals surface area contributed by atoms with Crippen molar-refractivity contribution >= 4 is 16.0 Å². The van der Waals surface area contributed by atoms with Gasteiger partial charge in [-0.2, -0.15) is 4.31 Å². The van der Waals surface area contributed by atoms with Crippen molar-refractivity contribution in [1.82, 2.24) is 9.79 Å². The summed E-state index contributed by atoms with van der Waals surface area (Å²) in [6.45, 7) is 0.371. The number of benzene rings is 1. The molecule has 0 aromatic heterocycles. The van der Waals surface area contributed by atoms with E-state index < -0.39 is 27.4 Å². The molecule has 9 heteroatoms. The standard InChI is InChI=1S/C14H15FN2O5S/c15-10-1-3-11(4-2-10)23(20,21)17-7-5-14(6-8-17)9-12(13(18)19)16-22-14/h1-4,9,16H,5-8H2,(H,18,19). The van der Waals surface area contributed by atoms with Crippen LogP contribution < -0.4 is 5.48 Å². The van der Waals surface area contributed by atoms with Crippen LogP contribution in [0.1, 0.15) is 12.8 Å². The summed E-state index contributed by atoms with van der Waals surface area (Å²) < 4.78 is 39.2. The van der Waals surface area contributed by atoms with Gasteiger partial charge in [0, 0.05) is 13.1 Å². The molecular weight excluding hydrogens is 327 g/mol. The number of aliphatic carboxylic acids is 1. The number of hydroxylamine groups is 1. The summed E-state index contributed by atoms with van der Waals surface area (Å²) in [5.74, 6) is -1.62. The van der Waals surface area contributed by atoms with Crippen molar-refractivity contribution < 1.29 is 27.5 Å². The highest BCUT2D eigenvalue weighted by atomic mass is 32.2. The van der Waals surface area contributed by atoms with Gasteiger partial charge in [-0.1, -0.05) is 0 Å². The van der Waals surface area contributed by atoms with Crippen LogP contribution in [0.4, 0.5) is 4.39 Å². The maximum absolute atomic E-state index is 12.9. The van der Waals surface area contributed by atoms with E-state index in [1.54, 1.807) is 0 Å². The average molecular weight is 342 g/mol. The number of carbonyl (C=O) groups is 1. The molecule has 23 heavy (non-hydrogen) atoms. The largest absolute Gasteiger partial charge is 0.477 e. The van der Waals surface area contributed by atoms with Gasteiger partial charge in [0.1, 0.15) is 17.1 Å². The number of nitrogens with one attached hydrogen (secondary N) is 1. The summed E-state index contributed by atoms with van der Waals surface area (Å²) in [6, 6.07) is 4.66. The molecule has 2 N–H and O–H groups in total. The van der Waals surface area contributed by atoms with Crippen molar-refractivity contribution in [2.24, 2.45) is 0 Å². The van der Waals surface area contributed by atoms with Gasteiger partial charge in [-0.15, -0.1) is 0 Å². The molecule has 3 rings (SSSR count). The van der Waals surface area contributed by atoms with E-state index in [0.717, 1.165) is 12.1 Å². The van der Waals surface area contributed by atoms with Crippen molar-refractivity contribution in [3.05, 3.63) is 41.9 Å². The Bertz CT molecular complexity index is 752. The molecule has 0 radical (unpaired) electrons. The summed E-state index contributed by atoms with van der Waals surface area (Å²) in [6.07, 6.45) is 2.14. The minimum atomic E-state index is -3.70. The van der Waals surface area contributed by atoms with E-state index in [2.05, 4.69) is 5.48 Å². The van der Waals surface area contributed by atoms with Crippen LogP contribution in [0.5, 0.6) is 0 Å². The van der Waals surface area contributed by atoms with Crippen LogP contribution in [0.2, 0.25) is 0 Å². The number of hydrogen-bond donors (Lipinski definition) is 2. The molecule has 0 saturated carbocycles. The fraction of sp³-hybridized carbons (Fsp3) is 0.357. The molecule has 1 spiro atoms. The van der Waals surface area contributed by atoms with Crippen molar-refractivity contribution in [2.45, 2.75) is 23.3 Å². The third kappa shape index (κ3) is 2.94. The first-order valence-electron chi connectivity index (χ1n) is 6.98. The van der Waals surface area contributed by atoms with E-state index in [4.69, 9.17) is 9.94 Å². The van der Waals surface area contributed by atoms with Crippen LogP contribution in [0.25, 0.3) is 0 Å². The number of sulfonamides is 1. The maximum atomic E-state index is 12.9. The van der Waals surface area contributed by atoms with Crippen molar-refractivity contribution in [2.75, 3.05) is 13.1 Å². The van der Waals surface area contributed by atoms with Gasteiger partial charge in [0.15, 0.2) is 0 Å². The first kappa shape index (κ1) is 15.9. The monoisotopic (exact) mass is 342 g/mol. The van der Waals surface area contributed by atoms with Gasteiger partial charge in [-0.3, -0.25) is 10.3 Å². The molecule has 7 nitrogen and oxygen atoms in total. The fourth-order valence-corrected chi connectivity index (χ4v) is 4.13. The van der Waals surface area contributed by atoms with Gasteiger partial charge in [0.05, 0.1) is 4.90 Å². The van der Waals surface area contributed by atoms with Gasteiger partial charge < -0.3 is 5.11 Å². The average Bonchev–Trinajstić information content (AvgIpc) is 2.92. The van der Waals surface area contributed by atoms with Gasteiger partial charge in [-0.05, 0) is 43.2 Å². The number of carboxylic acids is 1. The zero-order chi connectivity index (χ0) is 16.7. The minimum absolute atomic E-state index is 0.0297. The normalized spacial score (nSPS) is 21.0. The van der Waals surface area contributed by atoms with Crippen LogP contribution in [0.3, 0.4) is 0 Å². The summed E-state index contributed by atoms with van der Waals surface area (Å²) in [4.78, 5) is 16.3. The number of nitrogens with zero attached hydrogens (tertiary/aromatic N) is 1. The molecule has 1 saturated heterocycles. The van der Waals surface area contributed by atoms with E-state index in [1.807, 2.05) is 0 Å². The molecule has 2 aliphatic rings. The molecule has 1 aromatic carbocycles. The van der Waals surface area contributed by atoms with Gasteiger partial charge in [-0.25, -0.2) is 17.6 Å². The molecule has 124 valence electrons. The number of rotatable bonds is 3. The molecular formula is C14H15FN2O5S. The molecule has 1 aromatic rings. The van der Waals surface area contributed by atoms with Gasteiger partial charge in [0.2, 0.25) is 10.0 Å². The van der Waals surface area contributed by atoms with Crippen LogP contribution >= 0.6 is 0 Å². The molecule has 0 bridgehead atoms. The molecule has 0 aliphatic carbocycles. The van der Waals surface area contributed by atoms with Crippen molar-refractivity contribution in [3.63, 3.8) is 0 Å². The Hall–Kier alpha value is -1.97. The number of piperidine rings is 1. The third-order valence-electron chi connectivity index (χ3n) is 4.02. The Labute approximate surface area is 132 Å². The topological polar surface area (TPSA) is 95.9 Å². The molecule has 0 atom stereocenters. The van der Waals surface area contributed by atoms with E-state index in [9.17, 15) is 17.6 Å². The lowest BCUT2D eigenvalue weighted by Gasteiger charge is -2.35. The zero-order valence-corrected chi connectivity index (χ0v) is 12.8. The molecule has 0 unspecified atom stereocenters. The molecule has 1 fully saturated rings. The summed E-state index contributed by atoms with van der Waals surface area (Å²) in [7, 11) is -3.70. The summed E-state index contributed by atoms with van der Waals surface area (Å²) in [5, 5.41) is 8.93. The van der Waals surface area contributed by atoms with Crippen molar-refractivity contribution in [1.29, 1.82) is 0 Å². The lowest BCUT2D eigenvalue weighted by atomic mass is 9.92. The highest BCUT2D eigenvalue weighted by Gasteiger charge is 2.42. The lowest BCUT2D eigenvalue weighted by molar-refractivity contribution is -0.135. The highest BCUT2D eigenvalue weighted by Crippen LogP contribution is 2.33. The van der Waals surface area contributed by atoms with Crippen LogP contribution in [-0.2, 0) is 19.7 Å². The Morgan fingerprint density at radius 1 is 1.26 bits per heavy atom. The number of carboxylic acid groups (broad SMARTS) is 1. The smallest absolute Gasteiger partial charge is 0.354 e. The van der Waals surface area contributed by atoms with Crippen molar-refractivity contribution in [3.8, 4) is 0 Å². The van der Waals surface area contributed by atoms with E-state index in [0.29, 0.717) is 12.8 Å². The van der Waals surface area contributed by atoms with Crippen LogP contribution in [-0.4, -0.2) is 42.5 Å². The zero-order valence-electron chi connectivity index (χ0n) is 12.0. The van der Waals surface area contributed by atoms with E-state index in [1.165, 1.54) is 22.5 Å². The van der Waals surface area contributed by atoms with Crippen LogP contribution in [0.15, 0.2) is 40.9 Å². The summed E-state index contributed by atoms with van der Waals surface area (Å²) in [5.41, 5.74) is 1.52. The molecule has 2 aliphatic heterocycles. The minimum Gasteiger partial charge on any atom is -0.477 e. The lowest BCUT2D eigenvalue weighted by Crippen LogP contribution is -2.46. The highest BCUT2D eigenvalue weighted by molar-refractivity contribution is 7.89. The van der Waals surface area contributed by atoms with Crippen LogP contribution in [0, 0.1) is 5.82 Å². The Balaban J connectivity index is 1.74. The summed E-state index contributed by atoms with van der Waals surface area (Å²) >= 11 is 0. The second-order valence-electron chi connectivity index (χ2n) is 5.49. The first-order chi connectivity index (χ1) is 10.8. The maximum Gasteiger partial charge on any atom is 0.354 e. The number of hydrogen-bond acceptors (Lipinski definition) is 5. The Kier molecular flexibility index (Phi) is 3.86. The van der Waals surface area contributed by atoms with E-state index in [-0.39, 0.29) is 23.7 Å². The fourth-order valence-electron chi connectivity index (χ4n) is 2.69. The second kappa shape index (κ2) is 5.59. The second-order valence-corrected chi connectivity index (χ2v) is 7.43. The van der Waals surface area contributed by atoms with E-state index >= 15 is 0 Å². The quantitative estimate of drug-likeness (QED) is 0.846. The van der Waals surface area contributed by atoms with Gasteiger partial charge >= 0.3 is 5.97 Å². The predicted octanol–water partition coefficient (Wildman–Crippen LogP) is 0.852.